The van der Waals surface area contributed by atoms with Gasteiger partial charge in [-0.15, -0.1) is 0 Å². The van der Waals surface area contributed by atoms with Crippen LogP contribution >= 0.6 is 0 Å². The number of rotatable bonds is 0. The summed E-state index contributed by atoms with van der Waals surface area (Å²) in [5.41, 5.74) is 16.1. The van der Waals surface area contributed by atoms with E-state index in [1.165, 1.54) is 164 Å². The van der Waals surface area contributed by atoms with Crippen molar-refractivity contribution in [3.05, 3.63) is 182 Å². The predicted molar refractivity (Wildman–Crippen MR) is 257 cm³/mol. The van der Waals surface area contributed by atoms with Crippen LogP contribution in [0.5, 0.6) is 0 Å². The number of benzene rings is 13. The van der Waals surface area contributed by atoms with Crippen molar-refractivity contribution < 1.29 is 0 Å². The molecule has 0 spiro atoms. The molecule has 3 aliphatic rings. The minimum atomic E-state index is 1.28. The zero-order valence-corrected chi connectivity index (χ0v) is 32.3. The first-order chi connectivity index (χ1) is 29.7. The van der Waals surface area contributed by atoms with Crippen molar-refractivity contribution in [2.45, 2.75) is 0 Å². The van der Waals surface area contributed by atoms with Crippen molar-refractivity contribution in [1.29, 1.82) is 0 Å². The van der Waals surface area contributed by atoms with Crippen molar-refractivity contribution >= 4 is 97.0 Å². The zero-order chi connectivity index (χ0) is 38.5. The summed E-state index contributed by atoms with van der Waals surface area (Å²) in [5.74, 6) is 0. The van der Waals surface area contributed by atoms with Gasteiger partial charge in [-0.1, -0.05) is 146 Å². The molecule has 0 radical (unpaired) electrons. The Morgan fingerprint density at radius 1 is 0.150 bits per heavy atom. The average molecular weight is 751 g/mol. The Kier molecular flexibility index (Phi) is 5.18. The van der Waals surface area contributed by atoms with Gasteiger partial charge in [0.1, 0.15) is 0 Å². The molecule has 0 fully saturated rings. The maximum absolute atomic E-state index is 2.53. The number of hydrogen-bond acceptors (Lipinski definition) is 0. The average Bonchev–Trinajstić information content (AvgIpc) is 3.91. The van der Waals surface area contributed by atoms with Crippen LogP contribution in [0.25, 0.3) is 164 Å². The van der Waals surface area contributed by atoms with Crippen molar-refractivity contribution in [1.82, 2.24) is 0 Å². The molecule has 0 heterocycles. The van der Waals surface area contributed by atoms with Gasteiger partial charge in [0.25, 0.3) is 0 Å². The Balaban J connectivity index is 1.10. The fraction of sp³-hybridized carbons (Fsp3) is 0. The van der Waals surface area contributed by atoms with Crippen molar-refractivity contribution in [3.8, 4) is 66.8 Å². The van der Waals surface area contributed by atoms with E-state index >= 15 is 0 Å². The highest BCUT2D eigenvalue weighted by Crippen LogP contribution is 2.55. The summed E-state index contributed by atoms with van der Waals surface area (Å²) in [5, 5.41) is 23.8. The van der Waals surface area contributed by atoms with Gasteiger partial charge in [-0.2, -0.15) is 0 Å². The molecule has 13 aromatic rings. The van der Waals surface area contributed by atoms with Crippen LogP contribution in [0.3, 0.4) is 0 Å². The standard InChI is InChI=1S/C60H30/c1-7-31-10-4-16-40-52-28-46-34(25-49(52)37(13-1)55(31)40)19-22-43-58(46)44-23-20-35-26-50-38-14-2-9-33-12-6-18-42(57(33)38)54(50)30-48(35)60(44)45-24-21-36-27-51-39-15-3-8-32-11-5-17-41(56(32)39)53(51)29-47(36)59(43)45/h1-30H. The molecule has 0 amide bonds. The minimum Gasteiger partial charge on any atom is -0.0610 e. The van der Waals surface area contributed by atoms with E-state index in [0.717, 1.165) is 0 Å². The van der Waals surface area contributed by atoms with Gasteiger partial charge < -0.3 is 0 Å². The van der Waals surface area contributed by atoms with E-state index in [4.69, 9.17) is 0 Å². The van der Waals surface area contributed by atoms with Crippen LogP contribution in [0.2, 0.25) is 0 Å². The maximum Gasteiger partial charge on any atom is -0.00197 e. The highest BCUT2D eigenvalue weighted by molar-refractivity contribution is 6.40. The molecule has 0 atom stereocenters. The first-order valence-electron chi connectivity index (χ1n) is 21.2. The third-order valence-electron chi connectivity index (χ3n) is 14.7. The molecule has 0 aliphatic heterocycles. The van der Waals surface area contributed by atoms with Crippen LogP contribution in [-0.4, -0.2) is 0 Å². The van der Waals surface area contributed by atoms with Gasteiger partial charge in [0.05, 0.1) is 0 Å². The Morgan fingerprint density at radius 3 is 0.667 bits per heavy atom. The monoisotopic (exact) mass is 750 g/mol. The molecule has 3 aliphatic carbocycles. The third kappa shape index (κ3) is 3.47. The van der Waals surface area contributed by atoms with E-state index in [0.29, 0.717) is 0 Å². The summed E-state index contributed by atoms with van der Waals surface area (Å²) in [6.45, 7) is 0. The van der Waals surface area contributed by atoms with Gasteiger partial charge in [-0.25, -0.2) is 0 Å². The molecule has 0 heteroatoms. The van der Waals surface area contributed by atoms with E-state index in [2.05, 4.69) is 182 Å². The van der Waals surface area contributed by atoms with Gasteiger partial charge in [-0.3, -0.25) is 0 Å². The molecule has 60 heavy (non-hydrogen) atoms. The summed E-state index contributed by atoms with van der Waals surface area (Å²) < 4.78 is 0. The second kappa shape index (κ2) is 10.2. The first kappa shape index (κ1) is 30.3. The zero-order valence-electron chi connectivity index (χ0n) is 32.3. The SMILES string of the molecule is c1cc2c3c(cccc3c1)-c1cc3c(ccc4c3c3ccc5cc6c(cc5c3c3ccc5cc7c(cc5c43)-c3cccc4cccc-7c34)-c3cccc4cccc-6c34)cc1-2. The van der Waals surface area contributed by atoms with Gasteiger partial charge in [0, 0.05) is 0 Å². The highest BCUT2D eigenvalue weighted by atomic mass is 14.3. The molecule has 0 N–H and O–H groups in total. The van der Waals surface area contributed by atoms with E-state index in [1.54, 1.807) is 0 Å². The third-order valence-corrected chi connectivity index (χ3v) is 14.7. The van der Waals surface area contributed by atoms with Crippen molar-refractivity contribution in [2.75, 3.05) is 0 Å². The van der Waals surface area contributed by atoms with Gasteiger partial charge in [-0.05, 0) is 200 Å². The number of fused-ring (bicyclic) bond motifs is 21. The van der Waals surface area contributed by atoms with Crippen LogP contribution in [-0.2, 0) is 0 Å². The molecule has 270 valence electrons. The Labute approximate surface area is 344 Å². The first-order valence-corrected chi connectivity index (χ1v) is 21.2. The lowest BCUT2D eigenvalue weighted by molar-refractivity contribution is 1.75. The van der Waals surface area contributed by atoms with E-state index in [-0.39, 0.29) is 0 Å². The van der Waals surface area contributed by atoms with Crippen LogP contribution in [0.4, 0.5) is 0 Å². The van der Waals surface area contributed by atoms with Crippen LogP contribution in [0, 0.1) is 0 Å². The Morgan fingerprint density at radius 2 is 0.400 bits per heavy atom. The fourth-order valence-electron chi connectivity index (χ4n) is 12.3. The van der Waals surface area contributed by atoms with Crippen molar-refractivity contribution in [2.24, 2.45) is 0 Å². The van der Waals surface area contributed by atoms with E-state index < -0.39 is 0 Å². The smallest absolute Gasteiger partial charge is 0.00197 e. The van der Waals surface area contributed by atoms with Crippen LogP contribution in [0.1, 0.15) is 0 Å². The number of hydrogen-bond donors (Lipinski definition) is 0. The summed E-state index contributed by atoms with van der Waals surface area (Å²) in [4.78, 5) is 0. The minimum absolute atomic E-state index is 1.28. The van der Waals surface area contributed by atoms with Crippen LogP contribution in [0.15, 0.2) is 182 Å². The summed E-state index contributed by atoms with van der Waals surface area (Å²) in [6.07, 6.45) is 0. The Bertz CT molecular complexity index is 3790. The van der Waals surface area contributed by atoms with Crippen LogP contribution < -0.4 is 0 Å². The predicted octanol–water partition coefficient (Wildman–Crippen LogP) is 17.0. The lowest BCUT2D eigenvalue weighted by Crippen LogP contribution is -1.90. The highest BCUT2D eigenvalue weighted by Gasteiger charge is 2.27. The molecular formula is C60H30. The molecule has 0 saturated carbocycles. The molecule has 13 aromatic carbocycles. The fourth-order valence-corrected chi connectivity index (χ4v) is 12.3. The normalized spacial score (nSPS) is 13.0. The van der Waals surface area contributed by atoms with E-state index in [1.807, 2.05) is 0 Å². The van der Waals surface area contributed by atoms with E-state index in [9.17, 15) is 0 Å². The molecule has 0 nitrogen and oxygen atoms in total. The molecular weight excluding hydrogens is 721 g/mol. The summed E-state index contributed by atoms with van der Waals surface area (Å²) >= 11 is 0. The Hall–Kier alpha value is -7.80. The molecule has 0 unspecified atom stereocenters. The molecule has 0 bridgehead atoms. The second-order valence-corrected chi connectivity index (χ2v) is 17.4. The van der Waals surface area contributed by atoms with Gasteiger partial charge >= 0.3 is 0 Å². The van der Waals surface area contributed by atoms with Gasteiger partial charge in [0.15, 0.2) is 0 Å². The topological polar surface area (TPSA) is 0 Å². The van der Waals surface area contributed by atoms with Gasteiger partial charge in [0.2, 0.25) is 0 Å². The lowest BCUT2D eigenvalue weighted by atomic mass is 9.84. The second-order valence-electron chi connectivity index (χ2n) is 17.4. The lowest BCUT2D eigenvalue weighted by Gasteiger charge is -2.18. The summed E-state index contributed by atoms with van der Waals surface area (Å²) in [6, 6.07) is 70.1. The maximum atomic E-state index is 2.53. The molecule has 0 saturated heterocycles. The molecule has 0 aromatic heterocycles. The van der Waals surface area contributed by atoms with Crippen molar-refractivity contribution in [3.63, 3.8) is 0 Å². The quantitative estimate of drug-likeness (QED) is 0.135. The summed E-state index contributed by atoms with van der Waals surface area (Å²) in [7, 11) is 0. The largest absolute Gasteiger partial charge is 0.0610 e. The molecule has 16 rings (SSSR count).